The van der Waals surface area contributed by atoms with Crippen LogP contribution in [0.5, 0.6) is 0 Å². The van der Waals surface area contributed by atoms with Gasteiger partial charge in [-0.2, -0.15) is 0 Å². The lowest BCUT2D eigenvalue weighted by Gasteiger charge is -2.34. The van der Waals surface area contributed by atoms with Crippen molar-refractivity contribution < 1.29 is 9.18 Å². The molecule has 1 N–H and O–H groups in total. The first-order valence-corrected chi connectivity index (χ1v) is 9.99. The summed E-state index contributed by atoms with van der Waals surface area (Å²) >= 11 is 5.00. The van der Waals surface area contributed by atoms with Crippen LogP contribution in [-0.4, -0.2) is 48.4 Å². The van der Waals surface area contributed by atoms with Crippen molar-refractivity contribution in [1.82, 2.24) is 9.80 Å². The Bertz CT molecular complexity index is 702. The van der Waals surface area contributed by atoms with Crippen molar-refractivity contribution in [2.75, 3.05) is 38.0 Å². The second-order valence-corrected chi connectivity index (χ2v) is 8.07. The number of hydrogen-bond acceptors (Lipinski definition) is 4. The molecule has 3 rings (SSSR count). The molecule has 1 amide bonds. The number of thiophene rings is 1. The lowest BCUT2D eigenvalue weighted by atomic mass is 10.2. The Morgan fingerprint density at radius 1 is 1.20 bits per heavy atom. The molecule has 2 aromatic rings. The van der Waals surface area contributed by atoms with Crippen LogP contribution in [0.2, 0.25) is 0 Å². The van der Waals surface area contributed by atoms with Crippen LogP contribution < -0.4 is 5.32 Å². The fourth-order valence-electron chi connectivity index (χ4n) is 2.86. The van der Waals surface area contributed by atoms with E-state index >= 15 is 0 Å². The first-order valence-electron chi connectivity index (χ1n) is 8.32. The fraction of sp³-hybridized carbons (Fsp3) is 0.389. The predicted octanol–water partition coefficient (Wildman–Crippen LogP) is 3.80. The number of amides is 1. The maximum absolute atomic E-state index is 13.7. The van der Waals surface area contributed by atoms with E-state index in [0.29, 0.717) is 17.4 Å². The summed E-state index contributed by atoms with van der Waals surface area (Å²) in [5, 5.41) is 4.75. The zero-order valence-corrected chi connectivity index (χ0v) is 16.3. The van der Waals surface area contributed by atoms with Crippen molar-refractivity contribution in [2.45, 2.75) is 13.0 Å². The van der Waals surface area contributed by atoms with Crippen LogP contribution in [0, 0.1) is 5.82 Å². The van der Waals surface area contributed by atoms with Gasteiger partial charge in [-0.15, -0.1) is 11.3 Å². The summed E-state index contributed by atoms with van der Waals surface area (Å²) in [7, 11) is 0. The normalized spacial score (nSPS) is 16.1. The maximum atomic E-state index is 13.7. The molecule has 0 atom stereocenters. The lowest BCUT2D eigenvalue weighted by molar-refractivity contribution is -0.116. The van der Waals surface area contributed by atoms with Crippen LogP contribution in [0.3, 0.4) is 0 Å². The van der Waals surface area contributed by atoms with E-state index in [-0.39, 0.29) is 11.6 Å². The smallest absolute Gasteiger partial charge is 0.225 e. The van der Waals surface area contributed by atoms with Crippen LogP contribution in [0.15, 0.2) is 40.2 Å². The minimum Gasteiger partial charge on any atom is -0.324 e. The van der Waals surface area contributed by atoms with Crippen molar-refractivity contribution >= 4 is 38.9 Å². The van der Waals surface area contributed by atoms with Crippen molar-refractivity contribution in [3.63, 3.8) is 0 Å². The molecule has 0 saturated carbocycles. The third-order valence-corrected chi connectivity index (χ3v) is 5.64. The molecule has 1 aromatic heterocycles. The van der Waals surface area contributed by atoms with Crippen LogP contribution in [0.25, 0.3) is 0 Å². The van der Waals surface area contributed by atoms with Crippen molar-refractivity contribution in [3.05, 3.63) is 50.9 Å². The molecule has 0 spiro atoms. The highest BCUT2D eigenvalue weighted by Crippen LogP contribution is 2.19. The van der Waals surface area contributed by atoms with Crippen LogP contribution in [0.4, 0.5) is 10.1 Å². The van der Waals surface area contributed by atoms with Crippen LogP contribution in [-0.2, 0) is 11.3 Å². The number of nitrogens with zero attached hydrogens (tertiary/aromatic N) is 2. The van der Waals surface area contributed by atoms with E-state index in [9.17, 15) is 9.18 Å². The summed E-state index contributed by atoms with van der Waals surface area (Å²) < 4.78 is 14.4. The van der Waals surface area contributed by atoms with Crippen LogP contribution >= 0.6 is 27.3 Å². The summed E-state index contributed by atoms with van der Waals surface area (Å²) in [6.45, 7) is 5.67. The fourth-order valence-corrected chi connectivity index (χ4v) is 3.94. The summed E-state index contributed by atoms with van der Waals surface area (Å²) in [5.74, 6) is -0.577. The summed E-state index contributed by atoms with van der Waals surface area (Å²) in [5.41, 5.74) is 0.231. The van der Waals surface area contributed by atoms with Gasteiger partial charge in [-0.3, -0.25) is 9.69 Å². The van der Waals surface area contributed by atoms with Gasteiger partial charge in [0.1, 0.15) is 5.82 Å². The van der Waals surface area contributed by atoms with E-state index in [1.54, 1.807) is 23.5 Å². The number of carbonyl (C=O) groups is 1. The molecule has 0 bridgehead atoms. The minimum atomic E-state index is -0.426. The average Bonchev–Trinajstić information content (AvgIpc) is 3.10. The van der Waals surface area contributed by atoms with Gasteiger partial charge in [-0.05, 0) is 29.6 Å². The number of rotatable bonds is 6. The Morgan fingerprint density at radius 2 is 1.96 bits per heavy atom. The van der Waals surface area contributed by atoms with E-state index < -0.39 is 5.82 Å². The Hall–Kier alpha value is -1.28. The average molecular weight is 426 g/mol. The van der Waals surface area contributed by atoms with Gasteiger partial charge in [0.05, 0.1) is 5.69 Å². The SMILES string of the molecule is O=C(CCN1CCN(Cc2cccs2)CC1)Nc1ccc(Br)cc1F. The Morgan fingerprint density at radius 3 is 2.64 bits per heavy atom. The monoisotopic (exact) mass is 425 g/mol. The van der Waals surface area contributed by atoms with Crippen LogP contribution in [0.1, 0.15) is 11.3 Å². The van der Waals surface area contributed by atoms with Gasteiger partial charge in [0, 0.05) is 55.0 Å². The molecule has 1 fully saturated rings. The second-order valence-electron chi connectivity index (χ2n) is 6.12. The van der Waals surface area contributed by atoms with E-state index in [0.717, 1.165) is 32.7 Å². The lowest BCUT2D eigenvalue weighted by Crippen LogP contribution is -2.46. The standard InChI is InChI=1S/C18H21BrFN3OS/c19-14-3-4-17(16(20)12-14)21-18(24)5-6-22-7-9-23(10-8-22)13-15-2-1-11-25-15/h1-4,11-12H,5-10,13H2,(H,21,24). The highest BCUT2D eigenvalue weighted by Gasteiger charge is 2.18. The van der Waals surface area contributed by atoms with E-state index in [4.69, 9.17) is 0 Å². The summed E-state index contributed by atoms with van der Waals surface area (Å²) in [4.78, 5) is 18.2. The summed E-state index contributed by atoms with van der Waals surface area (Å²) in [6.07, 6.45) is 0.375. The van der Waals surface area contributed by atoms with Gasteiger partial charge in [0.15, 0.2) is 0 Å². The van der Waals surface area contributed by atoms with E-state index in [1.807, 2.05) is 0 Å². The van der Waals surface area contributed by atoms with E-state index in [2.05, 4.69) is 48.6 Å². The molecule has 1 saturated heterocycles. The number of carbonyl (C=O) groups excluding carboxylic acids is 1. The molecule has 0 radical (unpaired) electrons. The number of hydrogen-bond donors (Lipinski definition) is 1. The first-order chi connectivity index (χ1) is 12.1. The Kier molecular flexibility index (Phi) is 6.58. The zero-order chi connectivity index (χ0) is 17.6. The van der Waals surface area contributed by atoms with Gasteiger partial charge < -0.3 is 10.2 Å². The molecule has 7 heteroatoms. The zero-order valence-electron chi connectivity index (χ0n) is 13.9. The van der Waals surface area contributed by atoms with Crippen molar-refractivity contribution in [3.8, 4) is 0 Å². The topological polar surface area (TPSA) is 35.6 Å². The largest absolute Gasteiger partial charge is 0.324 e. The number of halogens is 2. The maximum Gasteiger partial charge on any atom is 0.225 e. The first kappa shape index (κ1) is 18.5. The molecule has 1 aromatic carbocycles. The minimum absolute atomic E-state index is 0.151. The Labute approximate surface area is 159 Å². The molecular formula is C18H21BrFN3OS. The molecule has 1 aliphatic heterocycles. The summed E-state index contributed by atoms with van der Waals surface area (Å²) in [6, 6.07) is 8.89. The molecule has 134 valence electrons. The van der Waals surface area contributed by atoms with Gasteiger partial charge >= 0.3 is 0 Å². The second kappa shape index (κ2) is 8.89. The van der Waals surface area contributed by atoms with Gasteiger partial charge in [-0.1, -0.05) is 22.0 Å². The van der Waals surface area contributed by atoms with Gasteiger partial charge in [0.2, 0.25) is 5.91 Å². The molecule has 1 aliphatic rings. The number of benzene rings is 1. The predicted molar refractivity (Wildman–Crippen MR) is 103 cm³/mol. The Balaban J connectivity index is 1.38. The molecule has 0 aliphatic carbocycles. The highest BCUT2D eigenvalue weighted by atomic mass is 79.9. The third-order valence-electron chi connectivity index (χ3n) is 4.28. The van der Waals surface area contributed by atoms with Gasteiger partial charge in [-0.25, -0.2) is 4.39 Å². The number of piperazine rings is 1. The molecular weight excluding hydrogens is 405 g/mol. The van der Waals surface area contributed by atoms with E-state index in [1.165, 1.54) is 10.9 Å². The molecule has 25 heavy (non-hydrogen) atoms. The van der Waals surface area contributed by atoms with Crippen molar-refractivity contribution in [2.24, 2.45) is 0 Å². The molecule has 4 nitrogen and oxygen atoms in total. The van der Waals surface area contributed by atoms with Gasteiger partial charge in [0.25, 0.3) is 0 Å². The number of nitrogens with one attached hydrogen (secondary N) is 1. The molecule has 0 unspecified atom stereocenters. The molecule has 2 heterocycles. The third kappa shape index (κ3) is 5.60. The quantitative estimate of drug-likeness (QED) is 0.764. The number of anilines is 1. The van der Waals surface area contributed by atoms with Crippen molar-refractivity contribution in [1.29, 1.82) is 0 Å². The highest BCUT2D eigenvalue weighted by molar-refractivity contribution is 9.10.